The Morgan fingerprint density at radius 3 is 2.36 bits per heavy atom. The molecule has 0 fully saturated rings. The number of fused-ring (bicyclic) bond motifs is 4. The van der Waals surface area contributed by atoms with Crippen molar-refractivity contribution < 1.29 is 24.2 Å². The smallest absolute Gasteiger partial charge is 0.352 e. The number of benzene rings is 3. The summed E-state index contributed by atoms with van der Waals surface area (Å²) in [6.07, 6.45) is 2.88. The minimum atomic E-state index is -1.10. The lowest BCUT2D eigenvalue weighted by molar-refractivity contribution is 0.0686. The van der Waals surface area contributed by atoms with Crippen LogP contribution in [-0.4, -0.2) is 61.1 Å². The molecule has 0 bridgehead atoms. The first-order valence-corrected chi connectivity index (χ1v) is 20.4. The molecule has 1 aliphatic rings. The molecule has 1 N–H and O–H groups in total. The van der Waals surface area contributed by atoms with E-state index in [1.54, 1.807) is 34.9 Å². The summed E-state index contributed by atoms with van der Waals surface area (Å²) in [5.41, 5.74) is 10.7. The highest BCUT2D eigenvalue weighted by atomic mass is 35.5. The largest absolute Gasteiger partial charge is 0.496 e. The number of carboxylic acids is 1. The van der Waals surface area contributed by atoms with Gasteiger partial charge in [-0.1, -0.05) is 29.3 Å². The van der Waals surface area contributed by atoms with Crippen molar-refractivity contribution in [2.45, 2.75) is 67.0 Å². The number of carboxylic acid groups (broad SMARTS) is 1. The summed E-state index contributed by atoms with van der Waals surface area (Å²) >= 11 is 13.6. The molecule has 59 heavy (non-hydrogen) atoms. The second-order valence-corrected chi connectivity index (χ2v) is 16.4. The van der Waals surface area contributed by atoms with Crippen molar-refractivity contribution in [3.63, 3.8) is 0 Å². The standard InChI is InChI=1S/C46H46Cl2N6O5/c1-24-15-16-49-30(18-24)23-52-37(46(56)57)21-34-38(58-8)14-13-36(42(34)52)53-22-27(4)54-43-33(11-12-35(47)40(43)39-28(5)50-51(7)29(39)6)32(44(54)45(53)55)10-9-17-59-31-19-25(2)41(48)26(3)20-31/h11-16,18-21,27H,9-10,17,22-23H2,1-8H3,(H,56,57). The number of aromatic carboxylic acids is 1. The summed E-state index contributed by atoms with van der Waals surface area (Å²) in [6.45, 7) is 12.9. The molecule has 0 saturated heterocycles. The Morgan fingerprint density at radius 2 is 1.69 bits per heavy atom. The molecule has 7 aromatic rings. The van der Waals surface area contributed by atoms with E-state index in [1.807, 2.05) is 88.8 Å². The third-order valence-electron chi connectivity index (χ3n) is 11.6. The minimum absolute atomic E-state index is 0.0638. The molecule has 11 nitrogen and oxygen atoms in total. The van der Waals surface area contributed by atoms with Crippen LogP contribution in [0.3, 0.4) is 0 Å². The zero-order valence-electron chi connectivity index (χ0n) is 34.4. The SMILES string of the molecule is COc1ccc(N2CC(C)n3c(c(CCCOc4cc(C)c(Cl)c(C)c4)c4ccc(Cl)c(-c5c(C)nn(C)c5C)c43)C2=O)c2c1cc(C(=O)O)n2Cc1cc(C)ccn1. The summed E-state index contributed by atoms with van der Waals surface area (Å²) in [7, 11) is 3.48. The molecule has 3 aromatic carbocycles. The number of hydrogen-bond acceptors (Lipinski definition) is 6. The van der Waals surface area contributed by atoms with Crippen LogP contribution in [-0.2, 0) is 20.0 Å². The first-order chi connectivity index (χ1) is 28.2. The topological polar surface area (TPSA) is 117 Å². The van der Waals surface area contributed by atoms with Gasteiger partial charge in [-0.25, -0.2) is 4.79 Å². The lowest BCUT2D eigenvalue weighted by Crippen LogP contribution is -2.43. The minimum Gasteiger partial charge on any atom is -0.496 e. The molecule has 0 spiro atoms. The van der Waals surface area contributed by atoms with E-state index < -0.39 is 5.97 Å². The molecular formula is C46H46Cl2N6O5. The maximum absolute atomic E-state index is 15.5. The van der Waals surface area contributed by atoms with Gasteiger partial charge in [0.25, 0.3) is 5.91 Å². The number of aryl methyl sites for hydroxylation is 6. The average Bonchev–Trinajstić information content (AvgIpc) is 3.82. The molecule has 8 rings (SSSR count). The second-order valence-electron chi connectivity index (χ2n) is 15.6. The highest BCUT2D eigenvalue weighted by Crippen LogP contribution is 2.46. The second kappa shape index (κ2) is 15.4. The summed E-state index contributed by atoms with van der Waals surface area (Å²) in [5, 5.41) is 18.1. The Balaban J connectivity index is 1.30. The molecule has 304 valence electrons. The number of aromatic nitrogens is 5. The summed E-state index contributed by atoms with van der Waals surface area (Å²) in [5.74, 6) is -0.0550. The molecule has 5 heterocycles. The molecule has 1 amide bonds. The first-order valence-electron chi connectivity index (χ1n) is 19.6. The molecular weight excluding hydrogens is 787 g/mol. The van der Waals surface area contributed by atoms with Gasteiger partial charge in [0.1, 0.15) is 22.9 Å². The van der Waals surface area contributed by atoms with Crippen molar-refractivity contribution in [2.24, 2.45) is 7.05 Å². The van der Waals surface area contributed by atoms with E-state index in [1.165, 1.54) is 0 Å². The van der Waals surface area contributed by atoms with E-state index in [0.29, 0.717) is 64.7 Å². The fraction of sp³-hybridized carbons (Fsp3) is 0.304. The fourth-order valence-electron chi connectivity index (χ4n) is 8.86. The summed E-state index contributed by atoms with van der Waals surface area (Å²) in [6, 6.07) is 16.7. The molecule has 13 heteroatoms. The highest BCUT2D eigenvalue weighted by molar-refractivity contribution is 6.35. The highest BCUT2D eigenvalue weighted by Gasteiger charge is 2.38. The maximum Gasteiger partial charge on any atom is 0.352 e. The number of halogens is 2. The van der Waals surface area contributed by atoms with Gasteiger partial charge in [-0.2, -0.15) is 5.10 Å². The zero-order chi connectivity index (χ0) is 42.0. The van der Waals surface area contributed by atoms with Crippen LogP contribution in [0.4, 0.5) is 5.69 Å². The maximum atomic E-state index is 15.5. The van der Waals surface area contributed by atoms with Crippen LogP contribution in [0.25, 0.3) is 32.9 Å². The Morgan fingerprint density at radius 1 is 0.949 bits per heavy atom. The van der Waals surface area contributed by atoms with Crippen LogP contribution < -0.4 is 14.4 Å². The summed E-state index contributed by atoms with van der Waals surface area (Å²) in [4.78, 5) is 34.7. The first kappa shape index (κ1) is 40.0. The number of hydrogen-bond donors (Lipinski definition) is 1. The van der Waals surface area contributed by atoms with Crippen LogP contribution in [0.1, 0.15) is 79.7 Å². The van der Waals surface area contributed by atoms with Gasteiger partial charge in [-0.3, -0.25) is 14.5 Å². The molecule has 1 atom stereocenters. The number of pyridine rings is 1. The number of carbonyl (C=O) groups excluding carboxylic acids is 1. The van der Waals surface area contributed by atoms with Crippen molar-refractivity contribution in [1.29, 1.82) is 0 Å². The molecule has 1 unspecified atom stereocenters. The average molecular weight is 834 g/mol. The summed E-state index contributed by atoms with van der Waals surface area (Å²) < 4.78 is 17.8. The lowest BCUT2D eigenvalue weighted by atomic mass is 9.98. The fourth-order valence-corrected chi connectivity index (χ4v) is 9.21. The van der Waals surface area contributed by atoms with E-state index in [2.05, 4.69) is 16.5 Å². The number of ether oxygens (including phenoxy) is 2. The van der Waals surface area contributed by atoms with Crippen LogP contribution in [0, 0.1) is 34.6 Å². The third kappa shape index (κ3) is 6.79. The normalized spacial score (nSPS) is 14.1. The Hall–Kier alpha value is -5.78. The molecule has 4 aromatic heterocycles. The van der Waals surface area contributed by atoms with E-state index in [9.17, 15) is 9.90 Å². The Labute approximate surface area is 352 Å². The van der Waals surface area contributed by atoms with Crippen molar-refractivity contribution in [3.05, 3.63) is 122 Å². The van der Waals surface area contributed by atoms with E-state index >= 15 is 4.79 Å². The molecule has 0 aliphatic carbocycles. The zero-order valence-corrected chi connectivity index (χ0v) is 35.9. The van der Waals surface area contributed by atoms with E-state index in [4.69, 9.17) is 37.8 Å². The van der Waals surface area contributed by atoms with Crippen LogP contribution in [0.5, 0.6) is 11.5 Å². The Kier molecular flexibility index (Phi) is 10.5. The van der Waals surface area contributed by atoms with Gasteiger partial charge in [0.2, 0.25) is 0 Å². The van der Waals surface area contributed by atoms with Crippen molar-refractivity contribution in [3.8, 4) is 22.6 Å². The number of nitrogens with zero attached hydrogens (tertiary/aromatic N) is 6. The van der Waals surface area contributed by atoms with Gasteiger partial charge < -0.3 is 28.6 Å². The van der Waals surface area contributed by atoms with Gasteiger partial charge in [0, 0.05) is 58.4 Å². The molecule has 0 radical (unpaired) electrons. The number of amides is 1. The van der Waals surface area contributed by atoms with Crippen molar-refractivity contribution in [2.75, 3.05) is 25.2 Å². The van der Waals surface area contributed by atoms with Crippen LogP contribution in [0.15, 0.2) is 60.8 Å². The predicted octanol–water partition coefficient (Wildman–Crippen LogP) is 10.2. The molecule has 1 aliphatic heterocycles. The van der Waals surface area contributed by atoms with Gasteiger partial charge in [0.05, 0.1) is 53.4 Å². The van der Waals surface area contributed by atoms with Crippen LogP contribution >= 0.6 is 23.2 Å². The van der Waals surface area contributed by atoms with Crippen molar-refractivity contribution >= 4 is 62.6 Å². The lowest BCUT2D eigenvalue weighted by Gasteiger charge is -2.35. The Bertz CT molecular complexity index is 2830. The van der Waals surface area contributed by atoms with E-state index in [-0.39, 0.29) is 24.2 Å². The quantitative estimate of drug-likeness (QED) is 0.129. The molecule has 0 saturated carbocycles. The van der Waals surface area contributed by atoms with Gasteiger partial charge in [0.15, 0.2) is 0 Å². The van der Waals surface area contributed by atoms with Crippen molar-refractivity contribution in [1.82, 2.24) is 23.9 Å². The number of methoxy groups -OCH3 is 1. The number of carbonyl (C=O) groups is 2. The van der Waals surface area contributed by atoms with E-state index in [0.717, 1.165) is 66.4 Å². The number of anilines is 1. The van der Waals surface area contributed by atoms with Gasteiger partial charge >= 0.3 is 5.97 Å². The van der Waals surface area contributed by atoms with Gasteiger partial charge in [-0.05, 0) is 125 Å². The monoisotopic (exact) mass is 832 g/mol. The van der Waals surface area contributed by atoms with Crippen LogP contribution in [0.2, 0.25) is 10.0 Å². The third-order valence-corrected chi connectivity index (χ3v) is 12.5. The number of rotatable bonds is 11. The predicted molar refractivity (Wildman–Crippen MR) is 233 cm³/mol. The van der Waals surface area contributed by atoms with Gasteiger partial charge in [-0.15, -0.1) is 0 Å².